The molecule has 0 aliphatic rings. The lowest BCUT2D eigenvalue weighted by Crippen LogP contribution is -2.02. The number of carbonyl (C=O) groups excluding carboxylic acids is 2. The molecular formula is C16H14O4. The zero-order valence-corrected chi connectivity index (χ0v) is 11.3. The molecule has 0 aliphatic carbocycles. The van der Waals surface area contributed by atoms with Gasteiger partial charge in [-0.15, -0.1) is 0 Å². The number of benzene rings is 2. The van der Waals surface area contributed by atoms with Crippen LogP contribution in [0.15, 0.2) is 42.5 Å². The van der Waals surface area contributed by atoms with Crippen LogP contribution in [0.4, 0.5) is 0 Å². The maximum absolute atomic E-state index is 12.4. The molecule has 0 atom stereocenters. The molecule has 4 nitrogen and oxygen atoms in total. The van der Waals surface area contributed by atoms with Crippen LogP contribution in [0.5, 0.6) is 11.5 Å². The van der Waals surface area contributed by atoms with Gasteiger partial charge in [0.2, 0.25) is 0 Å². The van der Waals surface area contributed by atoms with Gasteiger partial charge in [0.25, 0.3) is 0 Å². The maximum atomic E-state index is 12.4. The van der Waals surface area contributed by atoms with Gasteiger partial charge in [0, 0.05) is 22.8 Å². The van der Waals surface area contributed by atoms with E-state index in [0.29, 0.717) is 28.2 Å². The number of methoxy groups -OCH3 is 2. The van der Waals surface area contributed by atoms with Crippen molar-refractivity contribution in [2.75, 3.05) is 14.2 Å². The zero-order chi connectivity index (χ0) is 14.5. The van der Waals surface area contributed by atoms with Gasteiger partial charge in [-0.2, -0.15) is 0 Å². The van der Waals surface area contributed by atoms with Gasteiger partial charge in [0.05, 0.1) is 14.2 Å². The number of ether oxygens (including phenoxy) is 2. The fraction of sp³-hybridized carbons (Fsp3) is 0.125. The van der Waals surface area contributed by atoms with Crippen molar-refractivity contribution in [3.05, 3.63) is 59.2 Å². The fourth-order valence-corrected chi connectivity index (χ4v) is 1.82. The summed E-state index contributed by atoms with van der Waals surface area (Å²) in [5.41, 5.74) is 1.51. The van der Waals surface area contributed by atoms with Gasteiger partial charge < -0.3 is 9.47 Å². The SMILES string of the molecule is COc1cc(OC)cc(C(=O)c2ccc(C=O)cc2)c1. The molecule has 0 saturated heterocycles. The average molecular weight is 270 g/mol. The van der Waals surface area contributed by atoms with Crippen molar-refractivity contribution in [1.82, 2.24) is 0 Å². The highest BCUT2D eigenvalue weighted by atomic mass is 16.5. The van der Waals surface area contributed by atoms with Crippen LogP contribution in [0.2, 0.25) is 0 Å². The van der Waals surface area contributed by atoms with Crippen LogP contribution in [0.1, 0.15) is 26.3 Å². The zero-order valence-electron chi connectivity index (χ0n) is 11.3. The van der Waals surface area contributed by atoms with E-state index in [1.165, 1.54) is 14.2 Å². The predicted molar refractivity (Wildman–Crippen MR) is 74.8 cm³/mol. The van der Waals surface area contributed by atoms with E-state index in [2.05, 4.69) is 0 Å². The fourth-order valence-electron chi connectivity index (χ4n) is 1.82. The van der Waals surface area contributed by atoms with Crippen LogP contribution >= 0.6 is 0 Å². The van der Waals surface area contributed by atoms with Gasteiger partial charge in [0.15, 0.2) is 5.78 Å². The Bertz CT molecular complexity index is 607. The Morgan fingerprint density at radius 1 is 0.900 bits per heavy atom. The van der Waals surface area contributed by atoms with Crippen molar-refractivity contribution in [1.29, 1.82) is 0 Å². The van der Waals surface area contributed by atoms with E-state index in [-0.39, 0.29) is 5.78 Å². The van der Waals surface area contributed by atoms with Crippen LogP contribution in [0, 0.1) is 0 Å². The van der Waals surface area contributed by atoms with Crippen LogP contribution in [-0.4, -0.2) is 26.3 Å². The molecule has 0 aliphatic heterocycles. The standard InChI is InChI=1S/C16H14O4/c1-19-14-7-13(8-15(9-14)20-2)16(18)12-5-3-11(10-17)4-6-12/h3-10H,1-2H3. The highest BCUT2D eigenvalue weighted by molar-refractivity contribution is 6.09. The van der Waals surface area contributed by atoms with Crippen LogP contribution < -0.4 is 9.47 Å². The molecule has 0 N–H and O–H groups in total. The molecule has 2 rings (SSSR count). The summed E-state index contributed by atoms with van der Waals surface area (Å²) in [7, 11) is 3.06. The minimum Gasteiger partial charge on any atom is -0.497 e. The van der Waals surface area contributed by atoms with Crippen LogP contribution in [0.25, 0.3) is 0 Å². The van der Waals surface area contributed by atoms with Crippen molar-refractivity contribution in [3.63, 3.8) is 0 Å². The van der Waals surface area contributed by atoms with Crippen LogP contribution in [-0.2, 0) is 0 Å². The lowest BCUT2D eigenvalue weighted by molar-refractivity contribution is 0.103. The first-order valence-corrected chi connectivity index (χ1v) is 6.01. The molecule has 0 amide bonds. The topological polar surface area (TPSA) is 52.6 Å². The van der Waals surface area contributed by atoms with Crippen molar-refractivity contribution < 1.29 is 19.1 Å². The molecule has 0 saturated carbocycles. The van der Waals surface area contributed by atoms with E-state index >= 15 is 0 Å². The van der Waals surface area contributed by atoms with Gasteiger partial charge in [-0.25, -0.2) is 0 Å². The molecule has 0 heterocycles. The van der Waals surface area contributed by atoms with Gasteiger partial charge in [0.1, 0.15) is 17.8 Å². The molecule has 2 aromatic carbocycles. The molecule has 0 bridgehead atoms. The molecule has 0 unspecified atom stereocenters. The number of aldehydes is 1. The lowest BCUT2D eigenvalue weighted by Gasteiger charge is -2.08. The predicted octanol–water partition coefficient (Wildman–Crippen LogP) is 2.75. The molecular weight excluding hydrogens is 256 g/mol. The van der Waals surface area contributed by atoms with Crippen molar-refractivity contribution >= 4 is 12.1 Å². The first-order chi connectivity index (χ1) is 9.67. The summed E-state index contributed by atoms with van der Waals surface area (Å²) in [4.78, 5) is 23.0. The quantitative estimate of drug-likeness (QED) is 0.619. The Hall–Kier alpha value is -2.62. The van der Waals surface area contributed by atoms with E-state index in [4.69, 9.17) is 9.47 Å². The third kappa shape index (κ3) is 2.85. The second kappa shape index (κ2) is 6.02. The summed E-state index contributed by atoms with van der Waals surface area (Å²) < 4.78 is 10.3. The second-order valence-corrected chi connectivity index (χ2v) is 4.17. The first kappa shape index (κ1) is 13.8. The van der Waals surface area contributed by atoms with Gasteiger partial charge in [-0.3, -0.25) is 9.59 Å². The van der Waals surface area contributed by atoms with Crippen molar-refractivity contribution in [3.8, 4) is 11.5 Å². The van der Waals surface area contributed by atoms with Gasteiger partial charge >= 0.3 is 0 Å². The summed E-state index contributed by atoms with van der Waals surface area (Å²) in [6.07, 6.45) is 0.739. The summed E-state index contributed by atoms with van der Waals surface area (Å²) >= 11 is 0. The Kier molecular flexibility index (Phi) is 4.15. The third-order valence-corrected chi connectivity index (χ3v) is 2.92. The highest BCUT2D eigenvalue weighted by Gasteiger charge is 2.12. The van der Waals surface area contributed by atoms with Crippen molar-refractivity contribution in [2.45, 2.75) is 0 Å². The minimum atomic E-state index is -0.153. The normalized spacial score (nSPS) is 9.90. The molecule has 20 heavy (non-hydrogen) atoms. The minimum absolute atomic E-state index is 0.153. The van der Waals surface area contributed by atoms with E-state index in [1.807, 2.05) is 0 Å². The van der Waals surface area contributed by atoms with E-state index in [9.17, 15) is 9.59 Å². The van der Waals surface area contributed by atoms with Gasteiger partial charge in [-0.05, 0) is 12.1 Å². The first-order valence-electron chi connectivity index (χ1n) is 6.01. The number of ketones is 1. The molecule has 0 aromatic heterocycles. The van der Waals surface area contributed by atoms with Gasteiger partial charge in [-0.1, -0.05) is 24.3 Å². The van der Waals surface area contributed by atoms with Crippen LogP contribution in [0.3, 0.4) is 0 Å². The summed E-state index contributed by atoms with van der Waals surface area (Å²) in [5, 5.41) is 0. The molecule has 2 aromatic rings. The number of hydrogen-bond donors (Lipinski definition) is 0. The molecule has 0 fully saturated rings. The smallest absolute Gasteiger partial charge is 0.193 e. The second-order valence-electron chi connectivity index (χ2n) is 4.17. The molecule has 0 radical (unpaired) electrons. The summed E-state index contributed by atoms with van der Waals surface area (Å²) in [6.45, 7) is 0. The Labute approximate surface area is 116 Å². The largest absolute Gasteiger partial charge is 0.497 e. The third-order valence-electron chi connectivity index (χ3n) is 2.92. The lowest BCUT2D eigenvalue weighted by atomic mass is 10.0. The van der Waals surface area contributed by atoms with E-state index in [0.717, 1.165) is 6.29 Å². The summed E-state index contributed by atoms with van der Waals surface area (Å²) in [5.74, 6) is 0.953. The number of carbonyl (C=O) groups is 2. The number of rotatable bonds is 5. The molecule has 4 heteroatoms. The molecule has 102 valence electrons. The Morgan fingerprint density at radius 2 is 1.45 bits per heavy atom. The maximum Gasteiger partial charge on any atom is 0.193 e. The van der Waals surface area contributed by atoms with E-state index < -0.39 is 0 Å². The summed E-state index contributed by atoms with van der Waals surface area (Å²) in [6, 6.07) is 11.5. The Morgan fingerprint density at radius 3 is 1.90 bits per heavy atom. The Balaban J connectivity index is 2.38. The monoisotopic (exact) mass is 270 g/mol. The van der Waals surface area contributed by atoms with Crippen molar-refractivity contribution in [2.24, 2.45) is 0 Å². The number of hydrogen-bond acceptors (Lipinski definition) is 4. The average Bonchev–Trinajstić information content (AvgIpc) is 2.53. The van der Waals surface area contributed by atoms with E-state index in [1.54, 1.807) is 42.5 Å². The highest BCUT2D eigenvalue weighted by Crippen LogP contribution is 2.24. The molecule has 0 spiro atoms.